The number of hydrogen-bond donors (Lipinski definition) is 1. The third-order valence-electron chi connectivity index (χ3n) is 4.78. The van der Waals surface area contributed by atoms with E-state index in [1.807, 2.05) is 0 Å². The van der Waals surface area contributed by atoms with Crippen LogP contribution in [0.15, 0.2) is 18.2 Å². The topological polar surface area (TPSA) is 38.3 Å². The highest BCUT2D eigenvalue weighted by Crippen LogP contribution is 2.42. The van der Waals surface area contributed by atoms with Crippen LogP contribution >= 0.6 is 11.6 Å². The van der Waals surface area contributed by atoms with E-state index in [0.29, 0.717) is 22.9 Å². The van der Waals surface area contributed by atoms with Gasteiger partial charge in [0.1, 0.15) is 5.82 Å². The van der Waals surface area contributed by atoms with E-state index in [1.165, 1.54) is 19.4 Å². The van der Waals surface area contributed by atoms with Crippen LogP contribution in [0.5, 0.6) is 0 Å². The first-order chi connectivity index (χ1) is 10.5. The molecule has 5 heteroatoms. The van der Waals surface area contributed by atoms with Crippen molar-refractivity contribution in [1.29, 1.82) is 0 Å². The minimum atomic E-state index is -0.340. The second-order valence-electron chi connectivity index (χ2n) is 6.32. The molecule has 1 heterocycles. The van der Waals surface area contributed by atoms with Gasteiger partial charge in [0.05, 0.1) is 12.2 Å². The zero-order valence-corrected chi connectivity index (χ0v) is 13.4. The summed E-state index contributed by atoms with van der Waals surface area (Å²) in [7, 11) is 0. The molecular weight excluding hydrogens is 305 g/mol. The molecule has 120 valence electrons. The van der Waals surface area contributed by atoms with Gasteiger partial charge in [-0.05, 0) is 31.4 Å². The Hall–Kier alpha value is -1.13. The minimum Gasteiger partial charge on any atom is -0.370 e. The summed E-state index contributed by atoms with van der Waals surface area (Å²) in [5.74, 6) is -0.0378. The lowest BCUT2D eigenvalue weighted by Crippen LogP contribution is -2.50. The Balaban J connectivity index is 1.84. The summed E-state index contributed by atoms with van der Waals surface area (Å²) in [6, 6.07) is 4.75. The summed E-state index contributed by atoms with van der Waals surface area (Å²) in [6.07, 6.45) is 4.72. The number of hydrogen-bond acceptors (Lipinski definition) is 2. The Morgan fingerprint density at radius 1 is 1.36 bits per heavy atom. The fraction of sp³-hybridized carbons (Fsp3) is 0.588. The number of ether oxygens (including phenoxy) is 1. The molecule has 2 aliphatic rings. The Morgan fingerprint density at radius 2 is 2.14 bits per heavy atom. The van der Waals surface area contributed by atoms with Gasteiger partial charge in [-0.1, -0.05) is 30.5 Å². The van der Waals surface area contributed by atoms with E-state index in [4.69, 9.17) is 16.3 Å². The van der Waals surface area contributed by atoms with E-state index >= 15 is 0 Å². The molecule has 1 saturated heterocycles. The molecule has 4 atom stereocenters. The number of halogens is 2. The average Bonchev–Trinajstić information content (AvgIpc) is 2.46. The maximum Gasteiger partial charge on any atom is 0.217 e. The summed E-state index contributed by atoms with van der Waals surface area (Å²) in [6.45, 7) is 1.53. The monoisotopic (exact) mass is 325 g/mol. The van der Waals surface area contributed by atoms with Crippen molar-refractivity contribution in [2.75, 3.05) is 0 Å². The number of fused-ring (bicyclic) bond motifs is 1. The molecule has 1 aliphatic carbocycles. The molecule has 1 amide bonds. The summed E-state index contributed by atoms with van der Waals surface area (Å²) < 4.78 is 20.4. The highest BCUT2D eigenvalue weighted by Gasteiger charge is 2.41. The van der Waals surface area contributed by atoms with Crippen LogP contribution in [0.25, 0.3) is 0 Å². The van der Waals surface area contributed by atoms with Crippen molar-refractivity contribution in [1.82, 2.24) is 5.32 Å². The molecule has 1 aromatic rings. The van der Waals surface area contributed by atoms with Crippen LogP contribution in [0.4, 0.5) is 4.39 Å². The maximum atomic E-state index is 14.2. The Labute approximate surface area is 135 Å². The fourth-order valence-corrected chi connectivity index (χ4v) is 3.98. The zero-order valence-electron chi connectivity index (χ0n) is 12.6. The van der Waals surface area contributed by atoms with Gasteiger partial charge >= 0.3 is 0 Å². The number of amides is 1. The standard InChI is InChI=1S/C17H21ClFNO2/c1-10(21)20-15-9-17(12-7-6-11(18)8-14(12)19)22-16-5-3-2-4-13(15)16/h6-8,13,15-17H,2-5,9H2,1H3,(H,20,21)/t13-,15+,16+,17+/m0/s1. The van der Waals surface area contributed by atoms with Crippen molar-refractivity contribution in [2.24, 2.45) is 5.92 Å². The van der Waals surface area contributed by atoms with Crippen LogP contribution in [0.2, 0.25) is 5.02 Å². The first-order valence-electron chi connectivity index (χ1n) is 7.92. The van der Waals surface area contributed by atoms with Crippen molar-refractivity contribution >= 4 is 17.5 Å². The molecule has 0 spiro atoms. The second-order valence-corrected chi connectivity index (χ2v) is 6.76. The lowest BCUT2D eigenvalue weighted by atomic mass is 9.76. The van der Waals surface area contributed by atoms with Crippen LogP contribution in [-0.4, -0.2) is 18.1 Å². The molecule has 3 rings (SSSR count). The summed E-state index contributed by atoms with van der Waals surface area (Å²) in [4.78, 5) is 11.5. The smallest absolute Gasteiger partial charge is 0.217 e. The molecule has 0 bridgehead atoms. The van der Waals surface area contributed by atoms with E-state index in [9.17, 15) is 9.18 Å². The van der Waals surface area contributed by atoms with Crippen molar-refractivity contribution in [2.45, 2.75) is 57.3 Å². The van der Waals surface area contributed by atoms with Crippen molar-refractivity contribution in [3.05, 3.63) is 34.6 Å². The third-order valence-corrected chi connectivity index (χ3v) is 5.01. The first kappa shape index (κ1) is 15.8. The average molecular weight is 326 g/mol. The molecule has 22 heavy (non-hydrogen) atoms. The normalized spacial score (nSPS) is 31.4. The highest BCUT2D eigenvalue weighted by molar-refractivity contribution is 6.30. The lowest BCUT2D eigenvalue weighted by Gasteiger charge is -2.45. The largest absolute Gasteiger partial charge is 0.370 e. The van der Waals surface area contributed by atoms with Gasteiger partial charge in [-0.15, -0.1) is 0 Å². The van der Waals surface area contributed by atoms with E-state index in [2.05, 4.69) is 5.32 Å². The van der Waals surface area contributed by atoms with Crippen LogP contribution in [0.3, 0.4) is 0 Å². The van der Waals surface area contributed by atoms with E-state index in [-0.39, 0.29) is 30.0 Å². The minimum absolute atomic E-state index is 0.0356. The van der Waals surface area contributed by atoms with Crippen molar-refractivity contribution < 1.29 is 13.9 Å². The van der Waals surface area contributed by atoms with E-state index in [0.717, 1.165) is 19.3 Å². The van der Waals surface area contributed by atoms with Crippen LogP contribution in [0, 0.1) is 11.7 Å². The summed E-state index contributed by atoms with van der Waals surface area (Å²) >= 11 is 5.83. The molecule has 1 aliphatic heterocycles. The number of benzene rings is 1. The van der Waals surface area contributed by atoms with Crippen LogP contribution in [-0.2, 0) is 9.53 Å². The SMILES string of the molecule is CC(=O)N[C@@H]1C[C@H](c2ccc(Cl)cc2F)O[C@@H]2CCCC[C@@H]12. The van der Waals surface area contributed by atoms with Crippen LogP contribution in [0.1, 0.15) is 50.7 Å². The second kappa shape index (κ2) is 6.55. The maximum absolute atomic E-state index is 14.2. The van der Waals surface area contributed by atoms with Gasteiger partial charge in [0, 0.05) is 29.5 Å². The predicted octanol–water partition coefficient (Wildman–Crippen LogP) is 4.00. The van der Waals surface area contributed by atoms with E-state index < -0.39 is 0 Å². The summed E-state index contributed by atoms with van der Waals surface area (Å²) in [5.41, 5.74) is 0.531. The van der Waals surface area contributed by atoms with Gasteiger partial charge in [-0.2, -0.15) is 0 Å². The van der Waals surface area contributed by atoms with Gasteiger partial charge in [-0.25, -0.2) is 4.39 Å². The molecule has 3 nitrogen and oxygen atoms in total. The molecule has 0 radical (unpaired) electrons. The van der Waals surface area contributed by atoms with Gasteiger partial charge in [-0.3, -0.25) is 4.79 Å². The molecule has 0 unspecified atom stereocenters. The lowest BCUT2D eigenvalue weighted by molar-refractivity contribution is -0.131. The molecule has 0 aromatic heterocycles. The zero-order chi connectivity index (χ0) is 15.7. The molecule has 1 aromatic carbocycles. The number of carbonyl (C=O) groups excluding carboxylic acids is 1. The molecule has 2 fully saturated rings. The Kier molecular flexibility index (Phi) is 4.69. The molecular formula is C17H21ClFNO2. The number of rotatable bonds is 2. The highest BCUT2D eigenvalue weighted by atomic mass is 35.5. The van der Waals surface area contributed by atoms with Crippen molar-refractivity contribution in [3.63, 3.8) is 0 Å². The number of nitrogens with one attached hydrogen (secondary N) is 1. The molecule has 1 N–H and O–H groups in total. The Bertz CT molecular complexity index is 566. The predicted molar refractivity (Wildman–Crippen MR) is 83.2 cm³/mol. The van der Waals surface area contributed by atoms with Gasteiger partial charge in [0.15, 0.2) is 0 Å². The fourth-order valence-electron chi connectivity index (χ4n) is 3.82. The third kappa shape index (κ3) is 3.28. The van der Waals surface area contributed by atoms with Gasteiger partial charge in [0.2, 0.25) is 5.91 Å². The number of carbonyl (C=O) groups is 1. The van der Waals surface area contributed by atoms with Crippen molar-refractivity contribution in [3.8, 4) is 0 Å². The van der Waals surface area contributed by atoms with E-state index in [1.54, 1.807) is 12.1 Å². The van der Waals surface area contributed by atoms with Gasteiger partial charge in [0.25, 0.3) is 0 Å². The first-order valence-corrected chi connectivity index (χ1v) is 8.30. The van der Waals surface area contributed by atoms with Crippen LogP contribution < -0.4 is 5.32 Å². The van der Waals surface area contributed by atoms with Gasteiger partial charge < -0.3 is 10.1 Å². The molecule has 1 saturated carbocycles. The summed E-state index contributed by atoms with van der Waals surface area (Å²) in [5, 5.41) is 3.42. The Morgan fingerprint density at radius 3 is 2.86 bits per heavy atom. The quantitative estimate of drug-likeness (QED) is 0.892.